The second-order valence-corrected chi connectivity index (χ2v) is 6.34. The molecule has 0 saturated carbocycles. The van der Waals surface area contributed by atoms with E-state index in [1.807, 2.05) is 30.3 Å². The van der Waals surface area contributed by atoms with Gasteiger partial charge in [-0.2, -0.15) is 0 Å². The minimum absolute atomic E-state index is 0.249. The van der Waals surface area contributed by atoms with E-state index in [0.29, 0.717) is 6.42 Å². The monoisotopic (exact) mass is 307 g/mol. The number of carbonyl (C=O) groups is 2. The third-order valence-corrected chi connectivity index (χ3v) is 2.90. The van der Waals surface area contributed by atoms with E-state index in [-0.39, 0.29) is 6.61 Å². The van der Waals surface area contributed by atoms with E-state index in [9.17, 15) is 9.59 Å². The number of carbonyl (C=O) groups excluding carboxylic acids is 2. The number of benzene rings is 1. The quantitative estimate of drug-likeness (QED) is 0.849. The van der Waals surface area contributed by atoms with Crippen LogP contribution in [0.4, 0.5) is 4.79 Å². The van der Waals surface area contributed by atoms with Crippen molar-refractivity contribution in [2.24, 2.45) is 0 Å². The molecule has 1 atom stereocenters. The van der Waals surface area contributed by atoms with Crippen LogP contribution >= 0.6 is 0 Å². The highest BCUT2D eigenvalue weighted by molar-refractivity contribution is 5.85. The van der Waals surface area contributed by atoms with Crippen LogP contribution in [0.2, 0.25) is 0 Å². The van der Waals surface area contributed by atoms with E-state index in [0.717, 1.165) is 5.56 Å². The Bertz CT molecular complexity index is 507. The molecule has 0 unspecified atom stereocenters. The molecule has 5 nitrogen and oxygen atoms in total. The molecule has 0 aliphatic heterocycles. The van der Waals surface area contributed by atoms with E-state index in [4.69, 9.17) is 9.47 Å². The number of hydrogen-bond donors (Lipinski definition) is 1. The van der Waals surface area contributed by atoms with Gasteiger partial charge in [-0.15, -0.1) is 0 Å². The molecule has 5 heteroatoms. The van der Waals surface area contributed by atoms with Gasteiger partial charge in [-0.3, -0.25) is 0 Å². The molecule has 1 N–H and O–H groups in total. The minimum Gasteiger partial charge on any atom is -0.464 e. The van der Waals surface area contributed by atoms with Crippen LogP contribution in [0.1, 0.15) is 40.2 Å². The SMILES string of the molecule is CCOC(=O)[C@](C)(Cc1ccccc1)NC(=O)OC(C)(C)C. The van der Waals surface area contributed by atoms with Gasteiger partial charge in [-0.25, -0.2) is 9.59 Å². The maximum absolute atomic E-state index is 12.3. The number of amides is 1. The highest BCUT2D eigenvalue weighted by Crippen LogP contribution is 2.17. The molecule has 22 heavy (non-hydrogen) atoms. The zero-order chi connectivity index (χ0) is 16.8. The lowest BCUT2D eigenvalue weighted by Gasteiger charge is -2.30. The van der Waals surface area contributed by atoms with E-state index >= 15 is 0 Å². The zero-order valence-electron chi connectivity index (χ0n) is 13.9. The van der Waals surface area contributed by atoms with Gasteiger partial charge in [0, 0.05) is 6.42 Å². The first kappa shape index (κ1) is 18.0. The molecule has 0 aromatic heterocycles. The molecule has 0 saturated heterocycles. The van der Waals surface area contributed by atoms with Crippen LogP contribution in [0, 0.1) is 0 Å². The first-order valence-corrected chi connectivity index (χ1v) is 7.38. The average molecular weight is 307 g/mol. The van der Waals surface area contributed by atoms with Gasteiger partial charge in [-0.05, 0) is 40.2 Å². The summed E-state index contributed by atoms with van der Waals surface area (Å²) in [5.74, 6) is -0.482. The van der Waals surface area contributed by atoms with Crippen molar-refractivity contribution in [1.82, 2.24) is 5.32 Å². The van der Waals surface area contributed by atoms with Crippen molar-refractivity contribution in [3.63, 3.8) is 0 Å². The lowest BCUT2D eigenvalue weighted by molar-refractivity contribution is -0.150. The normalized spacial score (nSPS) is 13.9. The van der Waals surface area contributed by atoms with Gasteiger partial charge in [0.2, 0.25) is 0 Å². The third kappa shape index (κ3) is 5.76. The summed E-state index contributed by atoms with van der Waals surface area (Å²) in [6.45, 7) is 8.93. The van der Waals surface area contributed by atoms with E-state index in [1.54, 1.807) is 34.6 Å². The molecule has 1 aromatic rings. The number of rotatable bonds is 5. The Balaban J connectivity index is 2.91. The van der Waals surface area contributed by atoms with Crippen molar-refractivity contribution in [2.75, 3.05) is 6.61 Å². The largest absolute Gasteiger partial charge is 0.464 e. The van der Waals surface area contributed by atoms with Crippen LogP contribution in [0.5, 0.6) is 0 Å². The van der Waals surface area contributed by atoms with Crippen molar-refractivity contribution in [2.45, 2.75) is 52.2 Å². The van der Waals surface area contributed by atoms with Crippen molar-refractivity contribution in [3.05, 3.63) is 35.9 Å². The fourth-order valence-corrected chi connectivity index (χ4v) is 1.99. The van der Waals surface area contributed by atoms with Crippen LogP contribution < -0.4 is 5.32 Å². The zero-order valence-corrected chi connectivity index (χ0v) is 13.9. The highest BCUT2D eigenvalue weighted by Gasteiger charge is 2.38. The maximum Gasteiger partial charge on any atom is 0.408 e. The number of ether oxygens (including phenoxy) is 2. The van der Waals surface area contributed by atoms with Crippen LogP contribution in [0.25, 0.3) is 0 Å². The van der Waals surface area contributed by atoms with Crippen molar-refractivity contribution >= 4 is 12.1 Å². The van der Waals surface area contributed by atoms with Gasteiger partial charge in [0.25, 0.3) is 0 Å². The summed E-state index contributed by atoms with van der Waals surface area (Å²) in [4.78, 5) is 24.3. The fourth-order valence-electron chi connectivity index (χ4n) is 1.99. The number of esters is 1. The highest BCUT2D eigenvalue weighted by atomic mass is 16.6. The molecule has 1 amide bonds. The summed E-state index contributed by atoms with van der Waals surface area (Å²) in [6.07, 6.45) is -0.315. The van der Waals surface area contributed by atoms with E-state index < -0.39 is 23.2 Å². The molecule has 0 radical (unpaired) electrons. The number of hydrogen-bond acceptors (Lipinski definition) is 4. The van der Waals surface area contributed by atoms with Crippen molar-refractivity contribution in [1.29, 1.82) is 0 Å². The van der Waals surface area contributed by atoms with Gasteiger partial charge in [0.1, 0.15) is 11.1 Å². The minimum atomic E-state index is -1.18. The molecular formula is C17H25NO4. The Kier molecular flexibility index (Phi) is 5.97. The number of nitrogens with one attached hydrogen (secondary N) is 1. The molecule has 0 aliphatic carbocycles. The first-order valence-electron chi connectivity index (χ1n) is 7.38. The van der Waals surface area contributed by atoms with Crippen molar-refractivity contribution in [3.8, 4) is 0 Å². The molecule has 122 valence electrons. The molecule has 1 rings (SSSR count). The Morgan fingerprint density at radius 2 is 1.68 bits per heavy atom. The van der Waals surface area contributed by atoms with Gasteiger partial charge in [0.15, 0.2) is 0 Å². The molecule has 0 aliphatic rings. The fraction of sp³-hybridized carbons (Fsp3) is 0.529. The van der Waals surface area contributed by atoms with Crippen LogP contribution in [0.15, 0.2) is 30.3 Å². The third-order valence-electron chi connectivity index (χ3n) is 2.90. The Morgan fingerprint density at radius 1 is 1.09 bits per heavy atom. The summed E-state index contributed by atoms with van der Waals surface area (Å²) in [6, 6.07) is 9.46. The average Bonchev–Trinajstić information content (AvgIpc) is 2.37. The second kappa shape index (κ2) is 7.29. The second-order valence-electron chi connectivity index (χ2n) is 6.34. The summed E-state index contributed by atoms with van der Waals surface area (Å²) < 4.78 is 10.3. The summed E-state index contributed by atoms with van der Waals surface area (Å²) in [5, 5.41) is 2.65. The Morgan fingerprint density at radius 3 is 2.18 bits per heavy atom. The predicted molar refractivity (Wildman–Crippen MR) is 84.6 cm³/mol. The number of alkyl carbamates (subject to hydrolysis) is 1. The molecule has 0 fully saturated rings. The van der Waals surface area contributed by atoms with Gasteiger partial charge in [0.05, 0.1) is 6.61 Å². The summed E-state index contributed by atoms with van der Waals surface area (Å²) in [7, 11) is 0. The van der Waals surface area contributed by atoms with Crippen LogP contribution in [0.3, 0.4) is 0 Å². The van der Waals surface area contributed by atoms with Gasteiger partial charge >= 0.3 is 12.1 Å². The topological polar surface area (TPSA) is 64.6 Å². The van der Waals surface area contributed by atoms with Crippen LogP contribution in [-0.4, -0.2) is 29.8 Å². The van der Waals surface area contributed by atoms with Crippen LogP contribution in [-0.2, 0) is 20.7 Å². The molecule has 1 aromatic carbocycles. The maximum atomic E-state index is 12.3. The predicted octanol–water partition coefficient (Wildman–Crippen LogP) is 3.08. The Labute approximate surface area is 132 Å². The molecular weight excluding hydrogens is 282 g/mol. The molecule has 0 bridgehead atoms. The molecule has 0 heterocycles. The van der Waals surface area contributed by atoms with E-state index in [2.05, 4.69) is 5.32 Å². The Hall–Kier alpha value is -2.04. The molecule has 0 spiro atoms. The smallest absolute Gasteiger partial charge is 0.408 e. The van der Waals surface area contributed by atoms with E-state index in [1.165, 1.54) is 0 Å². The summed E-state index contributed by atoms with van der Waals surface area (Å²) in [5.41, 5.74) is -0.888. The lowest BCUT2D eigenvalue weighted by atomic mass is 9.93. The van der Waals surface area contributed by atoms with Crippen molar-refractivity contribution < 1.29 is 19.1 Å². The summed E-state index contributed by atoms with van der Waals surface area (Å²) >= 11 is 0. The standard InChI is InChI=1S/C17H25NO4/c1-6-21-14(19)17(5,12-13-10-8-7-9-11-13)18-15(20)22-16(2,3)4/h7-11H,6,12H2,1-5H3,(H,18,20)/t17-/m0/s1. The first-order chi connectivity index (χ1) is 10.2. The van der Waals surface area contributed by atoms with Gasteiger partial charge in [-0.1, -0.05) is 30.3 Å². The lowest BCUT2D eigenvalue weighted by Crippen LogP contribution is -2.55. The van der Waals surface area contributed by atoms with Gasteiger partial charge < -0.3 is 14.8 Å².